The van der Waals surface area contributed by atoms with Crippen molar-refractivity contribution in [1.29, 1.82) is 0 Å². The van der Waals surface area contributed by atoms with E-state index >= 15 is 0 Å². The Kier molecular flexibility index (Phi) is 5.96. The third-order valence-electron chi connectivity index (χ3n) is 4.23. The average Bonchev–Trinajstić information content (AvgIpc) is 3.19. The molecule has 0 fully saturated rings. The zero-order valence-electron chi connectivity index (χ0n) is 15.4. The molecule has 0 unspecified atom stereocenters. The average molecular weight is 402 g/mol. The van der Waals surface area contributed by atoms with Crippen LogP contribution in [0.5, 0.6) is 0 Å². The molecule has 2 aromatic carbocycles. The maximum atomic E-state index is 13.7. The van der Waals surface area contributed by atoms with Crippen molar-refractivity contribution in [3.63, 3.8) is 0 Å². The van der Waals surface area contributed by atoms with E-state index < -0.39 is 41.5 Å². The topological polar surface area (TPSA) is 78.1 Å². The normalized spacial score (nSPS) is 10.6. The summed E-state index contributed by atoms with van der Waals surface area (Å²) in [6.07, 6.45) is 1.30. The van der Waals surface area contributed by atoms with E-state index in [1.165, 1.54) is 41.4 Å². The molecule has 2 amide bonds. The number of hydrogen-bond donors (Lipinski definition) is 2. The molecule has 0 aliphatic carbocycles. The Morgan fingerprint density at radius 3 is 2.34 bits per heavy atom. The summed E-state index contributed by atoms with van der Waals surface area (Å²) in [7, 11) is 0. The number of halogens is 3. The van der Waals surface area contributed by atoms with E-state index in [9.17, 15) is 22.8 Å². The van der Waals surface area contributed by atoms with Crippen molar-refractivity contribution >= 4 is 17.5 Å². The molecule has 0 spiro atoms. The molecule has 9 heteroatoms. The van der Waals surface area contributed by atoms with Gasteiger partial charge in [0.05, 0.1) is 17.5 Å². The number of likely N-dealkylation sites (N-methyl/N-ethyl adjacent to an activating group) is 1. The summed E-state index contributed by atoms with van der Waals surface area (Å²) in [5, 5.41) is 8.70. The first-order chi connectivity index (χ1) is 13.9. The van der Waals surface area contributed by atoms with Crippen LogP contribution in [0.2, 0.25) is 0 Å². The van der Waals surface area contributed by atoms with Gasteiger partial charge in [-0.2, -0.15) is 5.10 Å². The highest BCUT2D eigenvalue weighted by Crippen LogP contribution is 2.23. The molecule has 1 aromatic heterocycles. The molecule has 0 saturated carbocycles. The van der Waals surface area contributed by atoms with Gasteiger partial charge in [0.25, 0.3) is 5.91 Å². The first kappa shape index (κ1) is 20.1. The number of aromatic amines is 1. The SMILES string of the molecule is CCN(CC(=O)Nc1c(F)cccc1F)C(=O)c1cn[nH]c1-c1ccc(F)cc1. The van der Waals surface area contributed by atoms with Gasteiger partial charge in [-0.1, -0.05) is 6.07 Å². The van der Waals surface area contributed by atoms with Gasteiger partial charge in [-0.25, -0.2) is 13.2 Å². The Labute approximate surface area is 164 Å². The summed E-state index contributed by atoms with van der Waals surface area (Å²) < 4.78 is 40.6. The highest BCUT2D eigenvalue weighted by Gasteiger charge is 2.23. The second-order valence-corrected chi connectivity index (χ2v) is 6.13. The maximum absolute atomic E-state index is 13.7. The van der Waals surface area contributed by atoms with Gasteiger partial charge in [-0.3, -0.25) is 14.7 Å². The number of hydrogen-bond acceptors (Lipinski definition) is 3. The molecule has 0 bridgehead atoms. The van der Waals surface area contributed by atoms with Crippen LogP contribution >= 0.6 is 0 Å². The van der Waals surface area contributed by atoms with Crippen LogP contribution in [0.4, 0.5) is 18.9 Å². The molecular weight excluding hydrogens is 385 g/mol. The second kappa shape index (κ2) is 8.59. The van der Waals surface area contributed by atoms with Crippen LogP contribution in [0, 0.1) is 17.5 Å². The maximum Gasteiger partial charge on any atom is 0.258 e. The Morgan fingerprint density at radius 2 is 1.72 bits per heavy atom. The molecule has 1 heterocycles. The van der Waals surface area contributed by atoms with E-state index in [0.717, 1.165) is 12.1 Å². The molecule has 3 aromatic rings. The number of para-hydroxylation sites is 1. The fourth-order valence-corrected chi connectivity index (χ4v) is 2.75. The van der Waals surface area contributed by atoms with Crippen LogP contribution in [-0.2, 0) is 4.79 Å². The summed E-state index contributed by atoms with van der Waals surface area (Å²) in [4.78, 5) is 26.3. The van der Waals surface area contributed by atoms with Gasteiger partial charge in [0.1, 0.15) is 29.7 Å². The summed E-state index contributed by atoms with van der Waals surface area (Å²) in [6.45, 7) is 1.41. The fourth-order valence-electron chi connectivity index (χ4n) is 2.75. The molecule has 0 aliphatic heterocycles. The molecule has 29 heavy (non-hydrogen) atoms. The third kappa shape index (κ3) is 4.45. The summed E-state index contributed by atoms with van der Waals surface area (Å²) in [5.74, 6) is -3.52. The van der Waals surface area contributed by atoms with Gasteiger partial charge >= 0.3 is 0 Å². The van der Waals surface area contributed by atoms with E-state index in [1.54, 1.807) is 6.92 Å². The summed E-state index contributed by atoms with van der Waals surface area (Å²) in [6, 6.07) is 8.69. The predicted octanol–water partition coefficient (Wildman–Crippen LogP) is 3.59. The molecular formula is C20H17F3N4O2. The highest BCUT2D eigenvalue weighted by atomic mass is 19.1. The number of anilines is 1. The van der Waals surface area contributed by atoms with E-state index in [-0.39, 0.29) is 12.1 Å². The fraction of sp³-hybridized carbons (Fsp3) is 0.150. The molecule has 6 nitrogen and oxygen atoms in total. The van der Waals surface area contributed by atoms with Crippen LogP contribution in [0.3, 0.4) is 0 Å². The number of benzene rings is 2. The minimum Gasteiger partial charge on any atom is -0.329 e. The molecule has 0 atom stereocenters. The van der Waals surface area contributed by atoms with Crippen LogP contribution in [0.1, 0.15) is 17.3 Å². The Hall–Kier alpha value is -3.62. The molecule has 0 saturated heterocycles. The van der Waals surface area contributed by atoms with Crippen LogP contribution < -0.4 is 5.32 Å². The first-order valence-corrected chi connectivity index (χ1v) is 8.73. The molecule has 150 valence electrons. The first-order valence-electron chi connectivity index (χ1n) is 8.73. The van der Waals surface area contributed by atoms with Gasteiger partial charge in [-0.05, 0) is 43.3 Å². The lowest BCUT2D eigenvalue weighted by atomic mass is 10.1. The standard InChI is InChI=1S/C20H17F3N4O2/c1-2-27(11-17(28)25-19-15(22)4-3-5-16(19)23)20(29)14-10-24-26-18(14)12-6-8-13(21)9-7-12/h3-10H,2,11H2,1H3,(H,24,26)(H,25,28). The molecule has 2 N–H and O–H groups in total. The Morgan fingerprint density at radius 1 is 1.07 bits per heavy atom. The van der Waals surface area contributed by atoms with Crippen molar-refractivity contribution in [3.05, 3.63) is 71.7 Å². The van der Waals surface area contributed by atoms with Gasteiger partial charge in [-0.15, -0.1) is 0 Å². The lowest BCUT2D eigenvalue weighted by molar-refractivity contribution is -0.116. The second-order valence-electron chi connectivity index (χ2n) is 6.13. The smallest absolute Gasteiger partial charge is 0.258 e. The number of nitrogens with zero attached hydrogens (tertiary/aromatic N) is 2. The lowest BCUT2D eigenvalue weighted by Gasteiger charge is -2.20. The number of rotatable bonds is 6. The van der Waals surface area contributed by atoms with Crippen molar-refractivity contribution in [3.8, 4) is 11.3 Å². The van der Waals surface area contributed by atoms with E-state index in [2.05, 4.69) is 15.5 Å². The lowest BCUT2D eigenvalue weighted by Crippen LogP contribution is -2.38. The minimum absolute atomic E-state index is 0.167. The predicted molar refractivity (Wildman–Crippen MR) is 101 cm³/mol. The van der Waals surface area contributed by atoms with Crippen molar-refractivity contribution in [1.82, 2.24) is 15.1 Å². The molecule has 3 rings (SSSR count). The number of aromatic nitrogens is 2. The van der Waals surface area contributed by atoms with Gasteiger partial charge in [0.2, 0.25) is 5.91 Å². The summed E-state index contributed by atoms with van der Waals surface area (Å²) >= 11 is 0. The number of carbonyl (C=O) groups excluding carboxylic acids is 2. The highest BCUT2D eigenvalue weighted by molar-refractivity contribution is 6.02. The molecule has 0 radical (unpaired) electrons. The number of amides is 2. The van der Waals surface area contributed by atoms with E-state index in [0.29, 0.717) is 11.3 Å². The third-order valence-corrected chi connectivity index (χ3v) is 4.23. The van der Waals surface area contributed by atoms with Crippen LogP contribution in [0.25, 0.3) is 11.3 Å². The Bertz CT molecular complexity index is 1010. The van der Waals surface area contributed by atoms with Crippen molar-refractivity contribution in [2.24, 2.45) is 0 Å². The number of nitrogens with one attached hydrogen (secondary N) is 2. The van der Waals surface area contributed by atoms with Gasteiger partial charge in [0, 0.05) is 12.1 Å². The number of carbonyl (C=O) groups is 2. The molecule has 0 aliphatic rings. The van der Waals surface area contributed by atoms with Gasteiger partial charge < -0.3 is 10.2 Å². The van der Waals surface area contributed by atoms with Crippen LogP contribution in [-0.4, -0.2) is 40.0 Å². The minimum atomic E-state index is -0.916. The van der Waals surface area contributed by atoms with Crippen molar-refractivity contribution in [2.75, 3.05) is 18.4 Å². The van der Waals surface area contributed by atoms with Crippen molar-refractivity contribution < 1.29 is 22.8 Å². The van der Waals surface area contributed by atoms with E-state index in [1.807, 2.05) is 0 Å². The number of H-pyrrole nitrogens is 1. The summed E-state index contributed by atoms with van der Waals surface area (Å²) in [5.41, 5.74) is 0.523. The van der Waals surface area contributed by atoms with Crippen molar-refractivity contribution in [2.45, 2.75) is 6.92 Å². The zero-order chi connectivity index (χ0) is 21.0. The zero-order valence-corrected chi connectivity index (χ0v) is 15.4. The van der Waals surface area contributed by atoms with Crippen LogP contribution in [0.15, 0.2) is 48.7 Å². The monoisotopic (exact) mass is 402 g/mol. The van der Waals surface area contributed by atoms with E-state index in [4.69, 9.17) is 0 Å². The Balaban J connectivity index is 1.77. The quantitative estimate of drug-likeness (QED) is 0.661. The largest absolute Gasteiger partial charge is 0.329 e. The van der Waals surface area contributed by atoms with Gasteiger partial charge in [0.15, 0.2) is 0 Å².